The fraction of sp³-hybridized carbons (Fsp3) is 0.286. The summed E-state index contributed by atoms with van der Waals surface area (Å²) in [5.74, 6) is 0. The van der Waals surface area contributed by atoms with Crippen LogP contribution in [0, 0.1) is 6.92 Å². The lowest BCUT2D eigenvalue weighted by Crippen LogP contribution is -2.17. The van der Waals surface area contributed by atoms with Crippen molar-refractivity contribution in [2.75, 3.05) is 7.05 Å². The second kappa shape index (κ2) is 5.80. The van der Waals surface area contributed by atoms with Gasteiger partial charge in [0.05, 0.1) is 3.79 Å². The van der Waals surface area contributed by atoms with Crippen LogP contribution in [0.4, 0.5) is 0 Å². The lowest BCUT2D eigenvalue weighted by molar-refractivity contribution is 0.602. The molecule has 3 heteroatoms. The second-order valence-corrected chi connectivity index (χ2v) is 6.54. The number of halogens is 1. The normalized spacial score (nSPS) is 12.6. The van der Waals surface area contributed by atoms with Crippen LogP contribution in [0.25, 0.3) is 0 Å². The van der Waals surface area contributed by atoms with Crippen LogP contribution in [-0.4, -0.2) is 7.05 Å². The van der Waals surface area contributed by atoms with E-state index < -0.39 is 0 Å². The fourth-order valence-electron chi connectivity index (χ4n) is 1.85. The Kier molecular flexibility index (Phi) is 4.37. The van der Waals surface area contributed by atoms with E-state index in [4.69, 9.17) is 0 Å². The van der Waals surface area contributed by atoms with Crippen LogP contribution >= 0.6 is 27.3 Å². The van der Waals surface area contributed by atoms with Gasteiger partial charge in [-0.25, -0.2) is 0 Å². The highest BCUT2D eigenvalue weighted by molar-refractivity contribution is 9.11. The van der Waals surface area contributed by atoms with Gasteiger partial charge in [-0.15, -0.1) is 11.3 Å². The topological polar surface area (TPSA) is 12.0 Å². The smallest absolute Gasteiger partial charge is 0.0731 e. The number of nitrogens with one attached hydrogen (secondary N) is 1. The molecule has 0 aliphatic heterocycles. The molecule has 2 aromatic rings. The molecule has 1 nitrogen and oxygen atoms in total. The van der Waals surface area contributed by atoms with Gasteiger partial charge in [0.25, 0.3) is 0 Å². The molecule has 1 atom stereocenters. The third-order valence-corrected chi connectivity index (χ3v) is 5.10. The molecule has 0 saturated carbocycles. The summed E-state index contributed by atoms with van der Waals surface area (Å²) in [4.78, 5) is 1.39. The first-order valence-corrected chi connectivity index (χ1v) is 7.28. The summed E-state index contributed by atoms with van der Waals surface area (Å²) in [5.41, 5.74) is 2.69. The van der Waals surface area contributed by atoms with Crippen molar-refractivity contribution in [1.29, 1.82) is 0 Å². The molecule has 17 heavy (non-hydrogen) atoms. The van der Waals surface area contributed by atoms with Crippen LogP contribution in [0.1, 0.15) is 22.0 Å². The standard InChI is InChI=1S/C14H16BrNS/c1-10-8-13(17-14(10)15)12(16-2)9-11-6-4-3-5-7-11/h3-8,12,16H,9H2,1-2H3. The van der Waals surface area contributed by atoms with Crippen LogP contribution in [0.5, 0.6) is 0 Å². The van der Waals surface area contributed by atoms with Gasteiger partial charge in [0, 0.05) is 10.9 Å². The molecule has 0 aliphatic rings. The first-order chi connectivity index (χ1) is 8.20. The van der Waals surface area contributed by atoms with Gasteiger partial charge in [-0.05, 0) is 53.5 Å². The largest absolute Gasteiger partial charge is 0.312 e. The molecule has 0 spiro atoms. The van der Waals surface area contributed by atoms with Crippen molar-refractivity contribution in [3.63, 3.8) is 0 Å². The van der Waals surface area contributed by atoms with Crippen LogP contribution in [0.2, 0.25) is 0 Å². The maximum atomic E-state index is 3.59. The molecule has 0 saturated heterocycles. The van der Waals surface area contributed by atoms with Crippen LogP contribution < -0.4 is 5.32 Å². The first-order valence-electron chi connectivity index (χ1n) is 5.67. The summed E-state index contributed by atoms with van der Waals surface area (Å²) in [6.07, 6.45) is 1.03. The minimum Gasteiger partial charge on any atom is -0.312 e. The highest BCUT2D eigenvalue weighted by Crippen LogP contribution is 2.32. The van der Waals surface area contributed by atoms with Gasteiger partial charge in [-0.2, -0.15) is 0 Å². The van der Waals surface area contributed by atoms with Gasteiger partial charge < -0.3 is 5.32 Å². The Labute approximate surface area is 115 Å². The lowest BCUT2D eigenvalue weighted by Gasteiger charge is -2.14. The molecular formula is C14H16BrNS. The minimum atomic E-state index is 0.396. The van der Waals surface area contributed by atoms with Crippen LogP contribution in [-0.2, 0) is 6.42 Å². The summed E-state index contributed by atoms with van der Waals surface area (Å²) in [6, 6.07) is 13.3. The molecule has 1 aromatic heterocycles. The molecule has 1 aromatic carbocycles. The van der Waals surface area contributed by atoms with E-state index in [2.05, 4.69) is 64.6 Å². The summed E-state index contributed by atoms with van der Waals surface area (Å²) in [7, 11) is 2.02. The number of hydrogen-bond acceptors (Lipinski definition) is 2. The second-order valence-electron chi connectivity index (χ2n) is 4.14. The molecule has 2 rings (SSSR count). The SMILES string of the molecule is CNC(Cc1ccccc1)c1cc(C)c(Br)s1. The van der Waals surface area contributed by atoms with Gasteiger partial charge in [-0.1, -0.05) is 30.3 Å². The maximum Gasteiger partial charge on any atom is 0.0731 e. The molecule has 90 valence electrons. The average molecular weight is 310 g/mol. The van der Waals surface area contributed by atoms with Crippen molar-refractivity contribution in [3.8, 4) is 0 Å². The molecule has 0 radical (unpaired) electrons. The Hall–Kier alpha value is -0.640. The van der Waals surface area contributed by atoms with Crippen LogP contribution in [0.15, 0.2) is 40.2 Å². The molecule has 1 unspecified atom stereocenters. The highest BCUT2D eigenvalue weighted by atomic mass is 79.9. The van der Waals surface area contributed by atoms with Gasteiger partial charge in [0.2, 0.25) is 0 Å². The summed E-state index contributed by atoms with van der Waals surface area (Å²) < 4.78 is 1.24. The summed E-state index contributed by atoms with van der Waals surface area (Å²) in [6.45, 7) is 2.14. The zero-order valence-corrected chi connectivity index (χ0v) is 12.4. The molecule has 0 bridgehead atoms. The average Bonchev–Trinajstić information content (AvgIpc) is 2.68. The Morgan fingerprint density at radius 2 is 2.00 bits per heavy atom. The number of hydrogen-bond donors (Lipinski definition) is 1. The van der Waals surface area contributed by atoms with E-state index in [1.54, 1.807) is 0 Å². The van der Waals surface area contributed by atoms with Crippen molar-refractivity contribution < 1.29 is 0 Å². The Morgan fingerprint density at radius 1 is 1.29 bits per heavy atom. The zero-order chi connectivity index (χ0) is 12.3. The first kappa shape index (κ1) is 12.8. The van der Waals surface area contributed by atoms with E-state index in [1.807, 2.05) is 18.4 Å². The maximum absolute atomic E-state index is 3.59. The highest BCUT2D eigenvalue weighted by Gasteiger charge is 2.13. The van der Waals surface area contributed by atoms with Gasteiger partial charge in [0.1, 0.15) is 0 Å². The fourth-order valence-corrected chi connectivity index (χ4v) is 3.53. The van der Waals surface area contributed by atoms with Gasteiger partial charge in [-0.3, -0.25) is 0 Å². The number of thiophene rings is 1. The molecule has 0 fully saturated rings. The molecule has 0 amide bonds. The van der Waals surface area contributed by atoms with Crippen molar-refractivity contribution in [2.45, 2.75) is 19.4 Å². The minimum absolute atomic E-state index is 0.396. The zero-order valence-electron chi connectivity index (χ0n) is 10.0. The van der Waals surface area contributed by atoms with Crippen LogP contribution in [0.3, 0.4) is 0 Å². The predicted molar refractivity (Wildman–Crippen MR) is 78.7 cm³/mol. The van der Waals surface area contributed by atoms with Crippen molar-refractivity contribution in [3.05, 3.63) is 56.2 Å². The predicted octanol–water partition coefficient (Wildman–Crippen LogP) is 4.32. The Bertz CT molecular complexity index is 459. The van der Waals surface area contributed by atoms with E-state index in [9.17, 15) is 0 Å². The number of benzene rings is 1. The monoisotopic (exact) mass is 309 g/mol. The van der Waals surface area contributed by atoms with E-state index >= 15 is 0 Å². The number of aryl methyl sites for hydroxylation is 1. The van der Waals surface area contributed by atoms with Crippen molar-refractivity contribution in [2.24, 2.45) is 0 Å². The molecule has 0 aliphatic carbocycles. The Balaban J connectivity index is 2.17. The molecular weight excluding hydrogens is 294 g/mol. The number of rotatable bonds is 4. The van der Waals surface area contributed by atoms with E-state index in [-0.39, 0.29) is 0 Å². The molecule has 1 heterocycles. The third kappa shape index (κ3) is 3.18. The lowest BCUT2D eigenvalue weighted by atomic mass is 10.0. The van der Waals surface area contributed by atoms with Gasteiger partial charge >= 0.3 is 0 Å². The quantitative estimate of drug-likeness (QED) is 0.886. The van der Waals surface area contributed by atoms with Crippen molar-refractivity contribution in [1.82, 2.24) is 5.32 Å². The molecule has 1 N–H and O–H groups in total. The summed E-state index contributed by atoms with van der Waals surface area (Å²) >= 11 is 5.41. The van der Waals surface area contributed by atoms with E-state index in [0.29, 0.717) is 6.04 Å². The Morgan fingerprint density at radius 3 is 2.53 bits per heavy atom. The van der Waals surface area contributed by atoms with Crippen molar-refractivity contribution >= 4 is 27.3 Å². The van der Waals surface area contributed by atoms with E-state index in [0.717, 1.165) is 6.42 Å². The summed E-state index contributed by atoms with van der Waals surface area (Å²) in [5, 5.41) is 3.40. The third-order valence-electron chi connectivity index (χ3n) is 2.85. The number of likely N-dealkylation sites (N-methyl/N-ethyl adjacent to an activating group) is 1. The van der Waals surface area contributed by atoms with Gasteiger partial charge in [0.15, 0.2) is 0 Å². The van der Waals surface area contributed by atoms with E-state index in [1.165, 1.54) is 19.8 Å².